The number of nitrogens with one attached hydrogen (secondary N) is 2. The van der Waals surface area contributed by atoms with Gasteiger partial charge in [0.05, 0.1) is 11.5 Å². The van der Waals surface area contributed by atoms with Gasteiger partial charge in [0.25, 0.3) is 5.91 Å². The molecule has 1 aliphatic heterocycles. The summed E-state index contributed by atoms with van der Waals surface area (Å²) in [5.41, 5.74) is 10.3. The lowest BCUT2D eigenvalue weighted by atomic mass is 9.98. The average molecular weight is 308 g/mol. The summed E-state index contributed by atoms with van der Waals surface area (Å²) in [6.45, 7) is 4.23. The van der Waals surface area contributed by atoms with Crippen molar-refractivity contribution in [2.75, 3.05) is 13.1 Å². The van der Waals surface area contributed by atoms with Crippen molar-refractivity contribution >= 4 is 17.8 Å². The number of rotatable bonds is 2. The Hall–Kier alpha value is -2.51. The number of hydrogen-bond acceptors (Lipinski definition) is 4. The third kappa shape index (κ3) is 3.57. The van der Waals surface area contributed by atoms with Crippen LogP contribution in [0, 0.1) is 19.8 Å². The number of nitrogens with two attached hydrogens (primary N) is 1. The number of primary amides is 1. The Morgan fingerprint density at radius 1 is 1.32 bits per heavy atom. The number of nitrogens with zero attached hydrogens (tertiary/aromatic N) is 1. The van der Waals surface area contributed by atoms with Crippen LogP contribution in [0.15, 0.2) is 10.5 Å². The summed E-state index contributed by atoms with van der Waals surface area (Å²) in [6, 6.07) is 1.07. The SMILES string of the molecule is Cc1cc(C(=O)NNC(=O)[C@H]2CCCN(C(N)=O)C2)c(C)o1. The van der Waals surface area contributed by atoms with Crippen molar-refractivity contribution in [1.29, 1.82) is 0 Å². The second kappa shape index (κ2) is 6.50. The molecule has 4 amide bonds. The van der Waals surface area contributed by atoms with Crippen molar-refractivity contribution in [3.05, 3.63) is 23.2 Å². The van der Waals surface area contributed by atoms with Crippen LogP contribution < -0.4 is 16.6 Å². The minimum absolute atomic E-state index is 0.265. The van der Waals surface area contributed by atoms with Crippen LogP contribution in [-0.4, -0.2) is 35.8 Å². The van der Waals surface area contributed by atoms with Crippen LogP contribution in [0.4, 0.5) is 4.79 Å². The second-order valence-corrected chi connectivity index (χ2v) is 5.39. The van der Waals surface area contributed by atoms with E-state index in [4.69, 9.17) is 10.2 Å². The fourth-order valence-electron chi connectivity index (χ4n) is 2.54. The lowest BCUT2D eigenvalue weighted by Crippen LogP contribution is -2.51. The zero-order valence-electron chi connectivity index (χ0n) is 12.6. The van der Waals surface area contributed by atoms with Crippen LogP contribution in [0.5, 0.6) is 0 Å². The van der Waals surface area contributed by atoms with Gasteiger partial charge in [0.15, 0.2) is 0 Å². The number of piperidine rings is 1. The summed E-state index contributed by atoms with van der Waals surface area (Å²) >= 11 is 0. The molecule has 120 valence electrons. The predicted molar refractivity (Wildman–Crippen MR) is 77.7 cm³/mol. The van der Waals surface area contributed by atoms with Crippen molar-refractivity contribution in [2.24, 2.45) is 11.7 Å². The lowest BCUT2D eigenvalue weighted by molar-refractivity contribution is -0.127. The molecule has 1 aliphatic rings. The molecule has 8 nitrogen and oxygen atoms in total. The lowest BCUT2D eigenvalue weighted by Gasteiger charge is -2.30. The topological polar surface area (TPSA) is 118 Å². The van der Waals surface area contributed by atoms with Gasteiger partial charge in [-0.05, 0) is 32.8 Å². The summed E-state index contributed by atoms with van der Waals surface area (Å²) in [5, 5.41) is 0. The Bertz CT molecular complexity index is 596. The molecule has 22 heavy (non-hydrogen) atoms. The van der Waals surface area contributed by atoms with E-state index in [1.54, 1.807) is 19.9 Å². The molecule has 0 aliphatic carbocycles. The first-order valence-corrected chi connectivity index (χ1v) is 7.10. The maximum absolute atomic E-state index is 12.1. The number of aryl methyl sites for hydroxylation is 2. The van der Waals surface area contributed by atoms with Crippen molar-refractivity contribution < 1.29 is 18.8 Å². The number of carbonyl (C=O) groups excluding carboxylic acids is 3. The number of furan rings is 1. The van der Waals surface area contributed by atoms with Gasteiger partial charge in [-0.25, -0.2) is 4.79 Å². The zero-order chi connectivity index (χ0) is 16.3. The number of urea groups is 1. The van der Waals surface area contributed by atoms with Gasteiger partial charge in [-0.1, -0.05) is 0 Å². The molecule has 2 rings (SSSR count). The molecule has 0 spiro atoms. The Labute approximate surface area is 128 Å². The average Bonchev–Trinajstić information content (AvgIpc) is 2.83. The number of carbonyl (C=O) groups is 3. The molecule has 0 bridgehead atoms. The van der Waals surface area contributed by atoms with Gasteiger partial charge in [0.2, 0.25) is 5.91 Å². The van der Waals surface area contributed by atoms with Gasteiger partial charge >= 0.3 is 6.03 Å². The highest BCUT2D eigenvalue weighted by Crippen LogP contribution is 2.16. The van der Waals surface area contributed by atoms with E-state index in [9.17, 15) is 14.4 Å². The number of amides is 4. The number of likely N-dealkylation sites (tertiary alicyclic amines) is 1. The summed E-state index contributed by atoms with van der Waals surface area (Å²) in [4.78, 5) is 36.6. The quantitative estimate of drug-likeness (QED) is 0.687. The first-order chi connectivity index (χ1) is 10.4. The third-order valence-electron chi connectivity index (χ3n) is 3.69. The van der Waals surface area contributed by atoms with Crippen molar-refractivity contribution in [3.8, 4) is 0 Å². The predicted octanol–water partition coefficient (Wildman–Crippen LogP) is 0.448. The van der Waals surface area contributed by atoms with Crippen LogP contribution in [0.25, 0.3) is 0 Å². The molecule has 1 saturated heterocycles. The summed E-state index contributed by atoms with van der Waals surface area (Å²) in [5.74, 6) is -0.0451. The molecule has 1 aromatic rings. The van der Waals surface area contributed by atoms with Crippen LogP contribution in [0.3, 0.4) is 0 Å². The minimum atomic E-state index is -0.536. The third-order valence-corrected chi connectivity index (χ3v) is 3.69. The Balaban J connectivity index is 1.88. The molecule has 1 atom stereocenters. The van der Waals surface area contributed by atoms with E-state index in [2.05, 4.69) is 10.9 Å². The molecule has 2 heterocycles. The first-order valence-electron chi connectivity index (χ1n) is 7.10. The van der Waals surface area contributed by atoms with Crippen LogP contribution in [0.1, 0.15) is 34.7 Å². The molecule has 0 aromatic carbocycles. The normalized spacial score (nSPS) is 17.9. The van der Waals surface area contributed by atoms with E-state index in [0.717, 1.165) is 0 Å². The first kappa shape index (κ1) is 15.9. The zero-order valence-corrected chi connectivity index (χ0v) is 12.6. The molecule has 0 saturated carbocycles. The smallest absolute Gasteiger partial charge is 0.314 e. The van der Waals surface area contributed by atoms with Gasteiger partial charge in [-0.15, -0.1) is 0 Å². The highest BCUT2D eigenvalue weighted by Gasteiger charge is 2.27. The Morgan fingerprint density at radius 3 is 2.64 bits per heavy atom. The van der Waals surface area contributed by atoms with E-state index < -0.39 is 11.9 Å². The maximum atomic E-state index is 12.1. The molecule has 1 fully saturated rings. The van der Waals surface area contributed by atoms with Crippen LogP contribution in [-0.2, 0) is 4.79 Å². The van der Waals surface area contributed by atoms with Gasteiger partial charge in [0, 0.05) is 13.1 Å². The maximum Gasteiger partial charge on any atom is 0.314 e. The van der Waals surface area contributed by atoms with Gasteiger partial charge in [-0.3, -0.25) is 20.4 Å². The van der Waals surface area contributed by atoms with E-state index in [0.29, 0.717) is 36.5 Å². The Morgan fingerprint density at radius 2 is 2.05 bits per heavy atom. The molecule has 0 unspecified atom stereocenters. The van der Waals surface area contributed by atoms with Crippen molar-refractivity contribution in [1.82, 2.24) is 15.8 Å². The fraction of sp³-hybridized carbons (Fsp3) is 0.500. The molecule has 1 aromatic heterocycles. The largest absolute Gasteiger partial charge is 0.466 e. The molecular formula is C14H20N4O4. The van der Waals surface area contributed by atoms with E-state index in [1.807, 2.05) is 0 Å². The Kier molecular flexibility index (Phi) is 4.69. The van der Waals surface area contributed by atoms with Crippen LogP contribution >= 0.6 is 0 Å². The number of hydrogen-bond donors (Lipinski definition) is 3. The van der Waals surface area contributed by atoms with Gasteiger partial charge < -0.3 is 15.1 Å². The summed E-state index contributed by atoms with van der Waals surface area (Å²) < 4.78 is 5.27. The van der Waals surface area contributed by atoms with Gasteiger partial charge in [0.1, 0.15) is 11.5 Å². The molecule has 8 heteroatoms. The molecule has 4 N–H and O–H groups in total. The van der Waals surface area contributed by atoms with E-state index in [1.165, 1.54) is 4.90 Å². The monoisotopic (exact) mass is 308 g/mol. The summed E-state index contributed by atoms with van der Waals surface area (Å²) in [6.07, 6.45) is 1.35. The van der Waals surface area contributed by atoms with Crippen molar-refractivity contribution in [3.63, 3.8) is 0 Å². The highest BCUT2D eigenvalue weighted by molar-refractivity contribution is 5.96. The van der Waals surface area contributed by atoms with E-state index >= 15 is 0 Å². The standard InChI is InChI=1S/C14H20N4O4/c1-8-6-11(9(2)22-8)13(20)17-16-12(19)10-4-3-5-18(7-10)14(15)21/h6,10H,3-5,7H2,1-2H3,(H2,15,21)(H,16,19)(H,17,20)/t10-/m0/s1. The summed E-state index contributed by atoms with van der Waals surface area (Å²) in [7, 11) is 0. The van der Waals surface area contributed by atoms with E-state index in [-0.39, 0.29) is 18.4 Å². The minimum Gasteiger partial charge on any atom is -0.466 e. The fourth-order valence-corrected chi connectivity index (χ4v) is 2.54. The number of hydrazine groups is 1. The van der Waals surface area contributed by atoms with Crippen molar-refractivity contribution in [2.45, 2.75) is 26.7 Å². The molecular weight excluding hydrogens is 288 g/mol. The molecule has 0 radical (unpaired) electrons. The van der Waals surface area contributed by atoms with Gasteiger partial charge in [-0.2, -0.15) is 0 Å². The highest BCUT2D eigenvalue weighted by atomic mass is 16.3. The van der Waals surface area contributed by atoms with Crippen LogP contribution in [0.2, 0.25) is 0 Å². The second-order valence-electron chi connectivity index (χ2n) is 5.39.